The van der Waals surface area contributed by atoms with Gasteiger partial charge in [-0.05, 0) is 66.5 Å². The van der Waals surface area contributed by atoms with Crippen LogP contribution in [0.2, 0.25) is 0 Å². The van der Waals surface area contributed by atoms with Crippen molar-refractivity contribution in [3.8, 4) is 0 Å². The minimum Gasteiger partial charge on any atom is -0.160 e. The van der Waals surface area contributed by atoms with E-state index >= 15 is 0 Å². The lowest BCUT2D eigenvalue weighted by Crippen LogP contribution is -1.95. The Morgan fingerprint density at radius 2 is 1.96 bits per heavy atom. The molecule has 1 aliphatic carbocycles. The van der Waals surface area contributed by atoms with Gasteiger partial charge in [-0.2, -0.15) is 3.89 Å². The highest BCUT2D eigenvalue weighted by Crippen LogP contribution is 2.32. The molecule has 120 valence electrons. The number of allylic oxidation sites excluding steroid dienone is 8. The number of hydrogen-bond acceptors (Lipinski definition) is 1. The van der Waals surface area contributed by atoms with Gasteiger partial charge in [-0.3, -0.25) is 0 Å². The Kier molecular flexibility index (Phi) is 6.66. The zero-order valence-corrected chi connectivity index (χ0v) is 14.5. The Morgan fingerprint density at radius 1 is 1.22 bits per heavy atom. The van der Waals surface area contributed by atoms with Crippen LogP contribution in [0, 0.1) is 0 Å². The maximum atomic E-state index is 12.7. The zero-order chi connectivity index (χ0) is 16.7. The molecular formula is C21H23FS. The summed E-state index contributed by atoms with van der Waals surface area (Å²) >= 11 is 0.350. The summed E-state index contributed by atoms with van der Waals surface area (Å²) in [6.07, 6.45) is 9.57. The van der Waals surface area contributed by atoms with Crippen LogP contribution in [-0.4, -0.2) is 0 Å². The molecule has 0 saturated heterocycles. The highest BCUT2D eigenvalue weighted by Gasteiger charge is 2.11. The van der Waals surface area contributed by atoms with E-state index in [1.807, 2.05) is 31.2 Å². The van der Waals surface area contributed by atoms with Crippen molar-refractivity contribution in [3.05, 3.63) is 88.9 Å². The van der Waals surface area contributed by atoms with Gasteiger partial charge in [0.25, 0.3) is 0 Å². The fraction of sp³-hybridized carbons (Fsp3) is 0.238. The van der Waals surface area contributed by atoms with Gasteiger partial charge >= 0.3 is 0 Å². The minimum atomic E-state index is 0.350. The lowest BCUT2D eigenvalue weighted by molar-refractivity contribution is 0.916. The van der Waals surface area contributed by atoms with Crippen LogP contribution in [0.15, 0.2) is 83.3 Å². The molecule has 0 spiro atoms. The molecule has 0 amide bonds. The van der Waals surface area contributed by atoms with E-state index in [-0.39, 0.29) is 0 Å². The molecular weight excluding hydrogens is 303 g/mol. The summed E-state index contributed by atoms with van der Waals surface area (Å²) in [5.41, 5.74) is 5.62. The first-order valence-electron chi connectivity index (χ1n) is 7.93. The predicted octanol–water partition coefficient (Wildman–Crippen LogP) is 7.20. The summed E-state index contributed by atoms with van der Waals surface area (Å²) in [5, 5.41) is 0. The maximum Gasteiger partial charge on any atom is 0.0767 e. The van der Waals surface area contributed by atoms with Crippen LogP contribution in [0.25, 0.3) is 5.57 Å². The van der Waals surface area contributed by atoms with E-state index in [0.717, 1.165) is 47.3 Å². The average Bonchev–Trinajstić information content (AvgIpc) is 2.61. The first kappa shape index (κ1) is 17.6. The smallest absolute Gasteiger partial charge is 0.0767 e. The lowest BCUT2D eigenvalue weighted by atomic mass is 9.91. The molecule has 0 fully saturated rings. The highest BCUT2D eigenvalue weighted by molar-refractivity contribution is 7.98. The predicted molar refractivity (Wildman–Crippen MR) is 102 cm³/mol. The molecule has 0 saturated carbocycles. The first-order valence-corrected chi connectivity index (χ1v) is 8.64. The quantitative estimate of drug-likeness (QED) is 0.477. The molecule has 2 rings (SSSR count). The summed E-state index contributed by atoms with van der Waals surface area (Å²) in [4.78, 5) is 0.793. The Hall–Kier alpha value is -1.80. The van der Waals surface area contributed by atoms with Gasteiger partial charge in [0, 0.05) is 4.91 Å². The monoisotopic (exact) mass is 326 g/mol. The SMILES string of the molecule is C=C(CCC(=C)/C(=C/C)c1ccccc1)C1=CCCC(SF)=C1. The molecule has 1 aliphatic rings. The molecule has 0 bridgehead atoms. The van der Waals surface area contributed by atoms with Crippen LogP contribution in [0.1, 0.15) is 38.2 Å². The number of halogens is 1. The van der Waals surface area contributed by atoms with Crippen molar-refractivity contribution in [2.24, 2.45) is 0 Å². The Morgan fingerprint density at radius 3 is 2.61 bits per heavy atom. The van der Waals surface area contributed by atoms with Gasteiger partial charge in [0.15, 0.2) is 0 Å². The van der Waals surface area contributed by atoms with E-state index < -0.39 is 0 Å². The normalized spacial score (nSPS) is 15.0. The van der Waals surface area contributed by atoms with Crippen molar-refractivity contribution in [2.45, 2.75) is 32.6 Å². The van der Waals surface area contributed by atoms with Crippen molar-refractivity contribution in [1.82, 2.24) is 0 Å². The fourth-order valence-electron chi connectivity index (χ4n) is 2.76. The molecule has 0 aliphatic heterocycles. The van der Waals surface area contributed by atoms with Crippen molar-refractivity contribution in [1.29, 1.82) is 0 Å². The molecule has 0 aromatic heterocycles. The molecule has 0 atom stereocenters. The van der Waals surface area contributed by atoms with Gasteiger partial charge in [-0.1, -0.05) is 55.6 Å². The van der Waals surface area contributed by atoms with Crippen LogP contribution in [0.3, 0.4) is 0 Å². The summed E-state index contributed by atoms with van der Waals surface area (Å²) < 4.78 is 12.7. The summed E-state index contributed by atoms with van der Waals surface area (Å²) in [6, 6.07) is 10.3. The third kappa shape index (κ3) is 4.84. The van der Waals surface area contributed by atoms with Crippen LogP contribution in [0.4, 0.5) is 3.89 Å². The number of rotatable bonds is 7. The van der Waals surface area contributed by atoms with Gasteiger partial charge in [-0.15, -0.1) is 0 Å². The Bertz CT molecular complexity index is 662. The number of benzene rings is 1. The summed E-state index contributed by atoms with van der Waals surface area (Å²) in [6.45, 7) is 10.5. The molecule has 0 nitrogen and oxygen atoms in total. The molecule has 23 heavy (non-hydrogen) atoms. The Balaban J connectivity index is 1.98. The van der Waals surface area contributed by atoms with Gasteiger partial charge in [0.2, 0.25) is 0 Å². The van der Waals surface area contributed by atoms with E-state index in [9.17, 15) is 3.89 Å². The highest BCUT2D eigenvalue weighted by atomic mass is 32.2. The second-order valence-electron chi connectivity index (χ2n) is 5.66. The van der Waals surface area contributed by atoms with E-state index in [0.29, 0.717) is 12.1 Å². The van der Waals surface area contributed by atoms with E-state index in [4.69, 9.17) is 0 Å². The van der Waals surface area contributed by atoms with Gasteiger partial charge < -0.3 is 0 Å². The average molecular weight is 326 g/mol. The molecule has 2 heteroatoms. The van der Waals surface area contributed by atoms with Gasteiger partial charge in [-0.25, -0.2) is 0 Å². The minimum absolute atomic E-state index is 0.350. The first-order chi connectivity index (χ1) is 11.2. The third-order valence-electron chi connectivity index (χ3n) is 4.06. The van der Waals surface area contributed by atoms with Gasteiger partial charge in [0.05, 0.1) is 12.1 Å². The van der Waals surface area contributed by atoms with Crippen LogP contribution in [-0.2, 0) is 0 Å². The third-order valence-corrected chi connectivity index (χ3v) is 4.58. The number of hydrogen-bond donors (Lipinski definition) is 0. The lowest BCUT2D eigenvalue weighted by Gasteiger charge is -2.15. The van der Waals surface area contributed by atoms with Crippen molar-refractivity contribution >= 4 is 17.7 Å². The standard InChI is InChI=1S/C21H23FS/c1-4-21(18-9-6-5-7-10-18)17(3)14-13-16(2)19-11-8-12-20(15-19)23-22/h4-7,9-11,15H,2-3,8,12-14H2,1H3/b21-4-. The van der Waals surface area contributed by atoms with Crippen LogP contribution >= 0.6 is 12.1 Å². The van der Waals surface area contributed by atoms with Crippen molar-refractivity contribution in [2.75, 3.05) is 0 Å². The molecule has 1 aromatic carbocycles. The van der Waals surface area contributed by atoms with Crippen LogP contribution in [0.5, 0.6) is 0 Å². The largest absolute Gasteiger partial charge is 0.160 e. The molecule has 0 heterocycles. The Labute approximate surface area is 143 Å². The van der Waals surface area contributed by atoms with E-state index in [2.05, 4.69) is 37.4 Å². The second-order valence-corrected chi connectivity index (χ2v) is 6.34. The van der Waals surface area contributed by atoms with Crippen LogP contribution < -0.4 is 0 Å². The van der Waals surface area contributed by atoms with Crippen molar-refractivity contribution in [3.63, 3.8) is 0 Å². The second kappa shape index (κ2) is 8.73. The van der Waals surface area contributed by atoms with Gasteiger partial charge in [0.1, 0.15) is 0 Å². The van der Waals surface area contributed by atoms with E-state index in [1.54, 1.807) is 0 Å². The summed E-state index contributed by atoms with van der Waals surface area (Å²) in [7, 11) is 0. The fourth-order valence-corrected chi connectivity index (χ4v) is 3.12. The van der Waals surface area contributed by atoms with E-state index in [1.165, 1.54) is 11.1 Å². The summed E-state index contributed by atoms with van der Waals surface area (Å²) in [5.74, 6) is 0. The molecule has 1 aromatic rings. The van der Waals surface area contributed by atoms with Crippen molar-refractivity contribution < 1.29 is 3.89 Å². The zero-order valence-electron chi connectivity index (χ0n) is 13.6. The molecule has 0 N–H and O–H groups in total. The topological polar surface area (TPSA) is 0 Å². The molecule has 0 radical (unpaired) electrons. The molecule has 0 unspecified atom stereocenters. The maximum absolute atomic E-state index is 12.7.